The zero-order chi connectivity index (χ0) is 19.1. The zero-order valence-corrected chi connectivity index (χ0v) is 17.9. The first-order chi connectivity index (χ1) is 12.0. The molecule has 8 atom stereocenters. The first-order valence-corrected chi connectivity index (χ1v) is 11.2. The van der Waals surface area contributed by atoms with E-state index in [0.29, 0.717) is 39.8 Å². The topological polar surface area (TPSA) is 37.3 Å². The third-order valence-electron chi connectivity index (χ3n) is 10.9. The summed E-state index contributed by atoms with van der Waals surface area (Å²) in [4.78, 5) is 12.3. The van der Waals surface area contributed by atoms with Crippen LogP contribution in [0.3, 0.4) is 0 Å². The lowest BCUT2D eigenvalue weighted by Gasteiger charge is -2.69. The van der Waals surface area contributed by atoms with E-state index in [4.69, 9.17) is 0 Å². The molecule has 0 unspecified atom stereocenters. The minimum atomic E-state index is -0.148. The van der Waals surface area contributed by atoms with Gasteiger partial charge in [-0.15, -0.1) is 0 Å². The molecule has 4 aliphatic rings. The summed E-state index contributed by atoms with van der Waals surface area (Å²) in [6.45, 7) is 14.2. The fourth-order valence-corrected chi connectivity index (χ4v) is 9.22. The zero-order valence-electron chi connectivity index (χ0n) is 17.9. The van der Waals surface area contributed by atoms with Crippen molar-refractivity contribution in [1.82, 2.24) is 0 Å². The average molecular weight is 361 g/mol. The number of rotatable bonds is 1. The number of aliphatic hydroxyl groups excluding tert-OH is 1. The van der Waals surface area contributed by atoms with Crippen molar-refractivity contribution in [3.8, 4) is 0 Å². The van der Waals surface area contributed by atoms with Gasteiger partial charge in [-0.25, -0.2) is 0 Å². The maximum absolute atomic E-state index is 12.3. The van der Waals surface area contributed by atoms with E-state index >= 15 is 0 Å². The number of fused-ring (bicyclic) bond motifs is 5. The van der Waals surface area contributed by atoms with E-state index in [-0.39, 0.29) is 11.5 Å². The first-order valence-electron chi connectivity index (χ1n) is 11.2. The van der Waals surface area contributed by atoms with Gasteiger partial charge in [0.05, 0.1) is 6.10 Å². The minimum Gasteiger partial charge on any atom is -0.393 e. The van der Waals surface area contributed by atoms with E-state index in [1.165, 1.54) is 38.5 Å². The lowest BCUT2D eigenvalue weighted by Crippen LogP contribution is -2.63. The molecule has 4 aliphatic carbocycles. The molecule has 26 heavy (non-hydrogen) atoms. The summed E-state index contributed by atoms with van der Waals surface area (Å²) in [6.07, 6.45) is 9.41. The lowest BCUT2D eigenvalue weighted by molar-refractivity contribution is -0.221. The van der Waals surface area contributed by atoms with Crippen molar-refractivity contribution in [2.24, 2.45) is 45.3 Å². The highest BCUT2D eigenvalue weighted by Crippen LogP contribution is 2.75. The number of carbonyl (C=O) groups excluding carboxylic acids is 1. The van der Waals surface area contributed by atoms with Crippen LogP contribution in [0.15, 0.2) is 0 Å². The summed E-state index contributed by atoms with van der Waals surface area (Å²) < 4.78 is 0. The molecule has 0 spiro atoms. The van der Waals surface area contributed by atoms with Crippen molar-refractivity contribution in [2.75, 3.05) is 0 Å². The van der Waals surface area contributed by atoms with E-state index in [2.05, 4.69) is 34.6 Å². The van der Waals surface area contributed by atoms with Gasteiger partial charge >= 0.3 is 0 Å². The van der Waals surface area contributed by atoms with Gasteiger partial charge in [0.1, 0.15) is 5.78 Å². The Kier molecular flexibility index (Phi) is 4.07. The Morgan fingerprint density at radius 2 is 1.46 bits per heavy atom. The van der Waals surface area contributed by atoms with Gasteiger partial charge in [-0.3, -0.25) is 4.79 Å². The van der Waals surface area contributed by atoms with E-state index in [0.717, 1.165) is 18.8 Å². The highest BCUT2D eigenvalue weighted by Gasteiger charge is 2.68. The molecule has 0 aromatic carbocycles. The number of Topliss-reactive ketones (excluding diaryl/α,β-unsaturated/α-hetero) is 1. The number of ketones is 1. The smallest absolute Gasteiger partial charge is 0.133 e. The first kappa shape index (κ1) is 19.0. The van der Waals surface area contributed by atoms with Crippen LogP contribution >= 0.6 is 0 Å². The van der Waals surface area contributed by atoms with Crippen molar-refractivity contribution in [1.29, 1.82) is 0 Å². The number of carbonyl (C=O) groups is 1. The van der Waals surface area contributed by atoms with Gasteiger partial charge in [0, 0.05) is 5.92 Å². The molecule has 0 radical (unpaired) electrons. The molecule has 1 N–H and O–H groups in total. The van der Waals surface area contributed by atoms with Gasteiger partial charge in [-0.05, 0) is 97.7 Å². The molecule has 0 bridgehead atoms. The summed E-state index contributed by atoms with van der Waals surface area (Å²) in [5, 5.41) is 10.7. The Hall–Kier alpha value is -0.370. The van der Waals surface area contributed by atoms with Crippen molar-refractivity contribution in [2.45, 2.75) is 99.0 Å². The van der Waals surface area contributed by atoms with Crippen LogP contribution in [0.4, 0.5) is 0 Å². The monoisotopic (exact) mass is 360 g/mol. The minimum absolute atomic E-state index is 0.0314. The molecule has 2 nitrogen and oxygen atoms in total. The van der Waals surface area contributed by atoms with Crippen LogP contribution in [0.25, 0.3) is 0 Å². The van der Waals surface area contributed by atoms with E-state index in [1.54, 1.807) is 0 Å². The molecule has 2 heteroatoms. The summed E-state index contributed by atoms with van der Waals surface area (Å²) in [6, 6.07) is 0. The normalized spacial score (nSPS) is 55.6. The second kappa shape index (κ2) is 5.58. The molecule has 148 valence electrons. The lowest BCUT2D eigenvalue weighted by atomic mass is 9.35. The molecule has 4 saturated carbocycles. The van der Waals surface area contributed by atoms with Crippen LogP contribution in [0.1, 0.15) is 92.9 Å². The molecule has 4 rings (SSSR count). The molecular weight excluding hydrogens is 320 g/mol. The third kappa shape index (κ3) is 2.12. The Morgan fingerprint density at radius 3 is 2.12 bits per heavy atom. The molecular formula is C24H40O2. The van der Waals surface area contributed by atoms with E-state index in [9.17, 15) is 9.90 Å². The average Bonchev–Trinajstić information content (AvgIpc) is 2.90. The van der Waals surface area contributed by atoms with Crippen molar-refractivity contribution in [3.63, 3.8) is 0 Å². The van der Waals surface area contributed by atoms with E-state index in [1.807, 2.05) is 6.92 Å². The third-order valence-corrected chi connectivity index (χ3v) is 10.9. The highest BCUT2D eigenvalue weighted by molar-refractivity contribution is 5.79. The molecule has 0 aliphatic heterocycles. The molecule has 0 aromatic rings. The van der Waals surface area contributed by atoms with Gasteiger partial charge in [0.25, 0.3) is 0 Å². The summed E-state index contributed by atoms with van der Waals surface area (Å²) in [5.41, 5.74) is 1.05. The van der Waals surface area contributed by atoms with Crippen molar-refractivity contribution < 1.29 is 9.90 Å². The van der Waals surface area contributed by atoms with Crippen LogP contribution in [-0.2, 0) is 4.79 Å². The van der Waals surface area contributed by atoms with E-state index < -0.39 is 0 Å². The molecule has 0 heterocycles. The number of hydrogen-bond donors (Lipinski definition) is 1. The molecule has 0 saturated heterocycles. The van der Waals surface area contributed by atoms with Gasteiger partial charge in [-0.1, -0.05) is 34.6 Å². The number of hydrogen-bond acceptors (Lipinski definition) is 2. The van der Waals surface area contributed by atoms with Crippen molar-refractivity contribution >= 4 is 5.78 Å². The van der Waals surface area contributed by atoms with Gasteiger partial charge in [0.2, 0.25) is 0 Å². The Balaban J connectivity index is 1.73. The summed E-state index contributed by atoms with van der Waals surface area (Å²) in [7, 11) is 0. The van der Waals surface area contributed by atoms with Crippen LogP contribution in [0.2, 0.25) is 0 Å². The second-order valence-corrected chi connectivity index (χ2v) is 11.8. The number of aliphatic hydroxyl groups is 1. The quantitative estimate of drug-likeness (QED) is 0.659. The predicted octanol–water partition coefficient (Wildman–Crippen LogP) is 5.62. The Labute approximate surface area is 160 Å². The molecule has 0 aromatic heterocycles. The Morgan fingerprint density at radius 1 is 0.808 bits per heavy atom. The largest absolute Gasteiger partial charge is 0.393 e. The van der Waals surface area contributed by atoms with Crippen LogP contribution in [0, 0.1) is 45.3 Å². The summed E-state index contributed by atoms with van der Waals surface area (Å²) >= 11 is 0. The van der Waals surface area contributed by atoms with Gasteiger partial charge < -0.3 is 5.11 Å². The Bertz CT molecular complexity index is 609. The standard InChI is InChI=1S/C24H40O2/c1-15(25)16-9-13-23(5)17(16)7-8-19-22(4)12-11-20(26)21(2,3)18(22)10-14-24(19,23)6/h16-20,26H,7-14H2,1-6H3/t16-,17-,18+,19-,20-,22+,23-,24-/m1/s1. The SMILES string of the molecule is CC(=O)[C@H]1CC[C@]2(C)[C@@H]1CC[C@@H]1[C@@]3(C)CC[C@@H](O)C(C)(C)[C@@H]3CC[C@]12C. The van der Waals surface area contributed by atoms with Gasteiger partial charge in [0.15, 0.2) is 0 Å². The maximum Gasteiger partial charge on any atom is 0.133 e. The van der Waals surface area contributed by atoms with Gasteiger partial charge in [-0.2, -0.15) is 0 Å². The van der Waals surface area contributed by atoms with Crippen LogP contribution in [-0.4, -0.2) is 17.0 Å². The fourth-order valence-electron chi connectivity index (χ4n) is 9.22. The van der Waals surface area contributed by atoms with Crippen LogP contribution < -0.4 is 0 Å². The second-order valence-electron chi connectivity index (χ2n) is 11.8. The predicted molar refractivity (Wildman–Crippen MR) is 106 cm³/mol. The van der Waals surface area contributed by atoms with Crippen molar-refractivity contribution in [3.05, 3.63) is 0 Å². The molecule has 0 amide bonds. The molecule has 4 fully saturated rings. The fraction of sp³-hybridized carbons (Fsp3) is 0.958. The van der Waals surface area contributed by atoms with Crippen LogP contribution in [0.5, 0.6) is 0 Å². The summed E-state index contributed by atoms with van der Waals surface area (Å²) in [5.74, 6) is 2.72. The maximum atomic E-state index is 12.3. The highest BCUT2D eigenvalue weighted by atomic mass is 16.3.